The molecule has 0 aromatic heterocycles. The Morgan fingerprint density at radius 2 is 1.88 bits per heavy atom. The summed E-state index contributed by atoms with van der Waals surface area (Å²) >= 11 is 3.49. The van der Waals surface area contributed by atoms with Crippen LogP contribution >= 0.6 is 15.9 Å². The SMILES string of the molecule is COCc1ccccc1NC(N)=NCCc1cccc(Br)c1OC. The average Bonchev–Trinajstić information content (AvgIpc) is 2.57. The molecule has 2 aromatic rings. The second-order valence-corrected chi connectivity index (χ2v) is 6.02. The lowest BCUT2D eigenvalue weighted by molar-refractivity contribution is 0.185. The second-order valence-electron chi connectivity index (χ2n) is 5.16. The van der Waals surface area contributed by atoms with Gasteiger partial charge in [-0.15, -0.1) is 0 Å². The van der Waals surface area contributed by atoms with Gasteiger partial charge in [-0.2, -0.15) is 0 Å². The van der Waals surface area contributed by atoms with Gasteiger partial charge in [-0.25, -0.2) is 0 Å². The van der Waals surface area contributed by atoms with Crippen molar-refractivity contribution in [3.05, 3.63) is 58.1 Å². The Bertz CT molecular complexity index is 704. The van der Waals surface area contributed by atoms with Crippen molar-refractivity contribution in [2.75, 3.05) is 26.1 Å². The number of nitrogens with zero attached hydrogens (tertiary/aromatic N) is 1. The first-order valence-corrected chi connectivity index (χ1v) is 8.40. The molecule has 0 unspecified atom stereocenters. The Morgan fingerprint density at radius 1 is 1.12 bits per heavy atom. The molecule has 0 amide bonds. The first-order valence-electron chi connectivity index (χ1n) is 7.61. The molecule has 2 aromatic carbocycles. The van der Waals surface area contributed by atoms with E-state index in [9.17, 15) is 0 Å². The molecule has 0 radical (unpaired) electrons. The van der Waals surface area contributed by atoms with Crippen molar-refractivity contribution in [2.24, 2.45) is 10.7 Å². The Balaban J connectivity index is 1.99. The van der Waals surface area contributed by atoms with Crippen LogP contribution in [0, 0.1) is 0 Å². The first-order chi connectivity index (χ1) is 11.7. The number of para-hydroxylation sites is 2. The van der Waals surface area contributed by atoms with Crippen molar-refractivity contribution >= 4 is 27.6 Å². The number of aliphatic imine (C=N–C) groups is 1. The summed E-state index contributed by atoms with van der Waals surface area (Å²) in [4.78, 5) is 4.39. The van der Waals surface area contributed by atoms with Gasteiger partial charge in [0.05, 0.1) is 18.2 Å². The molecular formula is C18H22BrN3O2. The highest BCUT2D eigenvalue weighted by molar-refractivity contribution is 9.10. The van der Waals surface area contributed by atoms with Gasteiger partial charge in [0.25, 0.3) is 0 Å². The number of rotatable bonds is 7. The summed E-state index contributed by atoms with van der Waals surface area (Å²) in [5.74, 6) is 1.22. The minimum absolute atomic E-state index is 0.382. The summed E-state index contributed by atoms with van der Waals surface area (Å²) in [5, 5.41) is 3.13. The maximum atomic E-state index is 5.99. The zero-order chi connectivity index (χ0) is 17.4. The molecule has 0 aliphatic heterocycles. The third kappa shape index (κ3) is 4.97. The van der Waals surface area contributed by atoms with E-state index in [0.29, 0.717) is 19.1 Å². The maximum Gasteiger partial charge on any atom is 0.193 e. The van der Waals surface area contributed by atoms with Gasteiger partial charge in [0.2, 0.25) is 0 Å². The quantitative estimate of drug-likeness (QED) is 0.558. The van der Waals surface area contributed by atoms with Crippen LogP contribution in [0.5, 0.6) is 5.75 Å². The molecule has 0 saturated heterocycles. The monoisotopic (exact) mass is 391 g/mol. The summed E-state index contributed by atoms with van der Waals surface area (Å²) in [6.45, 7) is 1.09. The predicted octanol–water partition coefficient (Wildman–Crippen LogP) is 3.57. The lowest BCUT2D eigenvalue weighted by atomic mass is 10.1. The Labute approximate surface area is 151 Å². The normalized spacial score (nSPS) is 11.4. The molecule has 3 N–H and O–H groups in total. The van der Waals surface area contributed by atoms with E-state index in [-0.39, 0.29) is 0 Å². The van der Waals surface area contributed by atoms with Gasteiger partial charge in [-0.05, 0) is 40.0 Å². The molecule has 0 heterocycles. The summed E-state index contributed by atoms with van der Waals surface area (Å²) in [5.41, 5.74) is 9.02. The summed E-state index contributed by atoms with van der Waals surface area (Å²) in [6, 6.07) is 13.8. The van der Waals surface area contributed by atoms with Crippen LogP contribution in [0.4, 0.5) is 5.69 Å². The van der Waals surface area contributed by atoms with Crippen LogP contribution in [-0.2, 0) is 17.8 Å². The van der Waals surface area contributed by atoms with Crippen molar-refractivity contribution in [3.8, 4) is 5.75 Å². The minimum atomic E-state index is 0.382. The number of benzene rings is 2. The molecule has 0 atom stereocenters. The third-order valence-corrected chi connectivity index (χ3v) is 4.12. The lowest BCUT2D eigenvalue weighted by Crippen LogP contribution is -2.23. The van der Waals surface area contributed by atoms with E-state index in [1.54, 1.807) is 14.2 Å². The van der Waals surface area contributed by atoms with Crippen molar-refractivity contribution in [1.29, 1.82) is 0 Å². The van der Waals surface area contributed by atoms with Crippen LogP contribution in [0.2, 0.25) is 0 Å². The highest BCUT2D eigenvalue weighted by atomic mass is 79.9. The lowest BCUT2D eigenvalue weighted by Gasteiger charge is -2.11. The Hall–Kier alpha value is -2.05. The van der Waals surface area contributed by atoms with Crippen LogP contribution in [0.3, 0.4) is 0 Å². The fourth-order valence-corrected chi connectivity index (χ4v) is 2.95. The molecule has 0 spiro atoms. The van der Waals surface area contributed by atoms with Crippen LogP contribution < -0.4 is 15.8 Å². The number of nitrogens with one attached hydrogen (secondary N) is 1. The van der Waals surface area contributed by atoms with Crippen LogP contribution in [0.15, 0.2) is 51.9 Å². The molecule has 6 heteroatoms. The van der Waals surface area contributed by atoms with Gasteiger partial charge >= 0.3 is 0 Å². The number of anilines is 1. The molecule has 24 heavy (non-hydrogen) atoms. The molecular weight excluding hydrogens is 370 g/mol. The molecule has 0 fully saturated rings. The van der Waals surface area contributed by atoms with Crippen molar-refractivity contribution in [1.82, 2.24) is 0 Å². The Morgan fingerprint density at radius 3 is 2.62 bits per heavy atom. The smallest absolute Gasteiger partial charge is 0.193 e. The number of nitrogens with two attached hydrogens (primary N) is 1. The van der Waals surface area contributed by atoms with Gasteiger partial charge in [-0.3, -0.25) is 4.99 Å². The fourth-order valence-electron chi connectivity index (χ4n) is 2.38. The van der Waals surface area contributed by atoms with Crippen molar-refractivity contribution < 1.29 is 9.47 Å². The van der Waals surface area contributed by atoms with Gasteiger partial charge < -0.3 is 20.5 Å². The number of methoxy groups -OCH3 is 2. The van der Waals surface area contributed by atoms with E-state index < -0.39 is 0 Å². The Kier molecular flexibility index (Phi) is 7.08. The number of hydrogen-bond donors (Lipinski definition) is 2. The second kappa shape index (κ2) is 9.30. The van der Waals surface area contributed by atoms with E-state index in [2.05, 4.69) is 26.2 Å². The van der Waals surface area contributed by atoms with Crippen LogP contribution in [0.1, 0.15) is 11.1 Å². The number of halogens is 1. The van der Waals surface area contributed by atoms with E-state index in [4.69, 9.17) is 15.2 Å². The van der Waals surface area contributed by atoms with Crippen molar-refractivity contribution in [3.63, 3.8) is 0 Å². The number of ether oxygens (including phenoxy) is 2. The zero-order valence-electron chi connectivity index (χ0n) is 13.9. The molecule has 0 saturated carbocycles. The third-order valence-electron chi connectivity index (χ3n) is 3.50. The molecule has 0 aliphatic carbocycles. The van der Waals surface area contributed by atoms with Gasteiger partial charge in [0, 0.05) is 24.9 Å². The highest BCUT2D eigenvalue weighted by Gasteiger charge is 2.06. The minimum Gasteiger partial charge on any atom is -0.495 e. The van der Waals surface area contributed by atoms with E-state index in [0.717, 1.165) is 33.5 Å². The number of guanidine groups is 1. The van der Waals surface area contributed by atoms with E-state index in [1.807, 2.05) is 42.5 Å². The van der Waals surface area contributed by atoms with E-state index >= 15 is 0 Å². The summed E-state index contributed by atoms with van der Waals surface area (Å²) in [7, 11) is 3.33. The molecule has 0 aliphatic rings. The first kappa shape index (κ1) is 18.3. The summed E-state index contributed by atoms with van der Waals surface area (Å²) < 4.78 is 11.5. The predicted molar refractivity (Wildman–Crippen MR) is 102 cm³/mol. The van der Waals surface area contributed by atoms with E-state index in [1.165, 1.54) is 0 Å². The molecule has 5 nitrogen and oxygen atoms in total. The standard InChI is InChI=1S/C18H22BrN3O2/c1-23-12-14-6-3-4-9-16(14)22-18(20)21-11-10-13-7-5-8-15(19)17(13)24-2/h3-9H,10-12H2,1-2H3,(H3,20,21,22). The molecule has 128 valence electrons. The maximum absolute atomic E-state index is 5.99. The van der Waals surface area contributed by atoms with Gasteiger partial charge in [0.1, 0.15) is 5.75 Å². The van der Waals surface area contributed by atoms with Gasteiger partial charge in [0.15, 0.2) is 5.96 Å². The van der Waals surface area contributed by atoms with Crippen LogP contribution in [0.25, 0.3) is 0 Å². The average molecular weight is 392 g/mol. The zero-order valence-corrected chi connectivity index (χ0v) is 15.5. The number of hydrogen-bond acceptors (Lipinski definition) is 3. The highest BCUT2D eigenvalue weighted by Crippen LogP contribution is 2.28. The topological polar surface area (TPSA) is 68.9 Å². The van der Waals surface area contributed by atoms with Crippen LogP contribution in [-0.4, -0.2) is 26.7 Å². The molecule has 2 rings (SSSR count). The molecule has 0 bridgehead atoms. The van der Waals surface area contributed by atoms with Crippen molar-refractivity contribution in [2.45, 2.75) is 13.0 Å². The largest absolute Gasteiger partial charge is 0.495 e. The fraction of sp³-hybridized carbons (Fsp3) is 0.278. The van der Waals surface area contributed by atoms with Gasteiger partial charge in [-0.1, -0.05) is 30.3 Å². The summed E-state index contributed by atoms with van der Waals surface area (Å²) in [6.07, 6.45) is 0.741.